The van der Waals surface area contributed by atoms with Crippen LogP contribution < -0.4 is 5.32 Å². The predicted molar refractivity (Wildman–Crippen MR) is 71.1 cm³/mol. The van der Waals surface area contributed by atoms with Crippen LogP contribution in [0, 0.1) is 5.41 Å². The van der Waals surface area contributed by atoms with Crippen LogP contribution in [0.25, 0.3) is 0 Å². The molecule has 3 nitrogen and oxygen atoms in total. The monoisotopic (exact) mass is 240 g/mol. The predicted octanol–water partition coefficient (Wildman–Crippen LogP) is 1.61. The first-order valence-electron chi connectivity index (χ1n) is 7.19. The molecule has 1 heterocycles. The van der Waals surface area contributed by atoms with Crippen LogP contribution in [0.15, 0.2) is 0 Å². The third kappa shape index (κ3) is 2.38. The first kappa shape index (κ1) is 13.3. The minimum Gasteiger partial charge on any atom is -0.394 e. The lowest BCUT2D eigenvalue weighted by Crippen LogP contribution is -2.62. The van der Waals surface area contributed by atoms with Crippen LogP contribution >= 0.6 is 0 Å². The lowest BCUT2D eigenvalue weighted by Gasteiger charge is -2.55. The first-order valence-corrected chi connectivity index (χ1v) is 7.19. The molecule has 0 radical (unpaired) electrons. The SMILES string of the molecule is CC1(C)CCCCC1(CO)N1CCCNCC1. The Morgan fingerprint density at radius 2 is 1.82 bits per heavy atom. The van der Waals surface area contributed by atoms with Crippen molar-refractivity contribution in [3.63, 3.8) is 0 Å². The summed E-state index contributed by atoms with van der Waals surface area (Å²) < 4.78 is 0. The van der Waals surface area contributed by atoms with Gasteiger partial charge in [-0.1, -0.05) is 26.7 Å². The maximum atomic E-state index is 10.1. The maximum Gasteiger partial charge on any atom is 0.0620 e. The van der Waals surface area contributed by atoms with Gasteiger partial charge in [0.1, 0.15) is 0 Å². The summed E-state index contributed by atoms with van der Waals surface area (Å²) in [6.45, 7) is 9.43. The number of aliphatic hydroxyl groups excluding tert-OH is 1. The van der Waals surface area contributed by atoms with Gasteiger partial charge in [0.15, 0.2) is 0 Å². The number of nitrogens with one attached hydrogen (secondary N) is 1. The van der Waals surface area contributed by atoms with E-state index >= 15 is 0 Å². The number of rotatable bonds is 2. The fourth-order valence-electron chi connectivity index (χ4n) is 3.81. The average molecular weight is 240 g/mol. The summed E-state index contributed by atoms with van der Waals surface area (Å²) >= 11 is 0. The zero-order chi connectivity index (χ0) is 12.4. The van der Waals surface area contributed by atoms with Crippen molar-refractivity contribution in [3.8, 4) is 0 Å². The molecule has 0 spiro atoms. The number of aliphatic hydroxyl groups is 1. The first-order chi connectivity index (χ1) is 8.12. The van der Waals surface area contributed by atoms with Gasteiger partial charge < -0.3 is 10.4 Å². The van der Waals surface area contributed by atoms with Crippen LogP contribution in [-0.4, -0.2) is 48.3 Å². The zero-order valence-corrected chi connectivity index (χ0v) is 11.5. The highest BCUT2D eigenvalue weighted by Gasteiger charge is 2.49. The van der Waals surface area contributed by atoms with Gasteiger partial charge in [0.2, 0.25) is 0 Å². The minimum absolute atomic E-state index is 0.0251. The highest BCUT2D eigenvalue weighted by molar-refractivity contribution is 5.04. The van der Waals surface area contributed by atoms with E-state index in [-0.39, 0.29) is 11.0 Å². The number of nitrogens with zero attached hydrogens (tertiary/aromatic N) is 1. The molecular formula is C14H28N2O. The molecule has 1 saturated carbocycles. The second-order valence-electron chi connectivity index (χ2n) is 6.37. The Labute approximate surface area is 106 Å². The average Bonchev–Trinajstić information content (AvgIpc) is 2.58. The number of hydrogen-bond donors (Lipinski definition) is 2. The molecule has 2 N–H and O–H groups in total. The zero-order valence-electron chi connectivity index (χ0n) is 11.5. The Balaban J connectivity index is 2.21. The molecule has 0 aromatic rings. The molecule has 1 atom stereocenters. The molecule has 2 rings (SSSR count). The second kappa shape index (κ2) is 5.25. The van der Waals surface area contributed by atoms with Crippen LogP contribution in [0.5, 0.6) is 0 Å². The van der Waals surface area contributed by atoms with Gasteiger partial charge in [-0.15, -0.1) is 0 Å². The second-order valence-corrected chi connectivity index (χ2v) is 6.37. The summed E-state index contributed by atoms with van der Waals surface area (Å²) in [5, 5.41) is 13.5. The van der Waals surface area contributed by atoms with E-state index in [1.54, 1.807) is 0 Å². The molecule has 0 aromatic carbocycles. The van der Waals surface area contributed by atoms with Gasteiger partial charge >= 0.3 is 0 Å². The van der Waals surface area contributed by atoms with Crippen LogP contribution in [0.2, 0.25) is 0 Å². The summed E-state index contributed by atoms with van der Waals surface area (Å²) in [4.78, 5) is 2.58. The topological polar surface area (TPSA) is 35.5 Å². The van der Waals surface area contributed by atoms with Gasteiger partial charge in [0.05, 0.1) is 6.61 Å². The maximum absolute atomic E-state index is 10.1. The summed E-state index contributed by atoms with van der Waals surface area (Å²) in [5.41, 5.74) is 0.265. The molecule has 0 bridgehead atoms. The molecule has 3 heteroatoms. The quantitative estimate of drug-likeness (QED) is 0.770. The molecule has 1 aliphatic heterocycles. The molecule has 1 aliphatic carbocycles. The third-order valence-corrected chi connectivity index (χ3v) is 5.11. The Kier molecular flexibility index (Phi) is 4.11. The summed E-state index contributed by atoms with van der Waals surface area (Å²) in [7, 11) is 0. The summed E-state index contributed by atoms with van der Waals surface area (Å²) in [6.07, 6.45) is 6.21. The molecule has 1 unspecified atom stereocenters. The van der Waals surface area contributed by atoms with E-state index in [1.165, 1.54) is 25.7 Å². The standard InChI is InChI=1S/C14H28N2O/c1-13(2)6-3-4-7-14(13,12-17)16-10-5-8-15-9-11-16/h15,17H,3-12H2,1-2H3. The van der Waals surface area contributed by atoms with Gasteiger partial charge in [-0.3, -0.25) is 4.90 Å². The Morgan fingerprint density at radius 1 is 1.06 bits per heavy atom. The Bertz CT molecular complexity index is 247. The molecule has 2 fully saturated rings. The van der Waals surface area contributed by atoms with E-state index in [4.69, 9.17) is 0 Å². The lowest BCUT2D eigenvalue weighted by atomic mass is 9.62. The van der Waals surface area contributed by atoms with Crippen molar-refractivity contribution in [3.05, 3.63) is 0 Å². The fraction of sp³-hybridized carbons (Fsp3) is 1.00. The Morgan fingerprint density at radius 3 is 2.53 bits per heavy atom. The molecule has 100 valence electrons. The van der Waals surface area contributed by atoms with Crippen LogP contribution in [0.4, 0.5) is 0 Å². The van der Waals surface area contributed by atoms with Crippen LogP contribution in [0.1, 0.15) is 46.0 Å². The van der Waals surface area contributed by atoms with E-state index in [0.717, 1.165) is 32.6 Å². The normalized spacial score (nSPS) is 35.5. The molecular weight excluding hydrogens is 212 g/mol. The van der Waals surface area contributed by atoms with Crippen LogP contribution in [-0.2, 0) is 0 Å². The van der Waals surface area contributed by atoms with Crippen molar-refractivity contribution < 1.29 is 5.11 Å². The van der Waals surface area contributed by atoms with E-state index < -0.39 is 0 Å². The fourth-order valence-corrected chi connectivity index (χ4v) is 3.81. The van der Waals surface area contributed by atoms with E-state index in [2.05, 4.69) is 24.1 Å². The number of hydrogen-bond acceptors (Lipinski definition) is 3. The van der Waals surface area contributed by atoms with Crippen molar-refractivity contribution in [2.75, 3.05) is 32.8 Å². The minimum atomic E-state index is 0.0251. The van der Waals surface area contributed by atoms with Crippen molar-refractivity contribution in [2.24, 2.45) is 5.41 Å². The van der Waals surface area contributed by atoms with Gasteiger partial charge in [-0.05, 0) is 31.2 Å². The van der Waals surface area contributed by atoms with Crippen LogP contribution in [0.3, 0.4) is 0 Å². The van der Waals surface area contributed by atoms with Gasteiger partial charge in [-0.25, -0.2) is 0 Å². The van der Waals surface area contributed by atoms with Crippen molar-refractivity contribution in [1.82, 2.24) is 10.2 Å². The van der Waals surface area contributed by atoms with Gasteiger partial charge in [0, 0.05) is 25.2 Å². The Hall–Kier alpha value is -0.120. The van der Waals surface area contributed by atoms with Crippen molar-refractivity contribution >= 4 is 0 Å². The molecule has 1 saturated heterocycles. The summed E-state index contributed by atoms with van der Waals surface area (Å²) in [5.74, 6) is 0. The van der Waals surface area contributed by atoms with E-state index in [1.807, 2.05) is 0 Å². The smallest absolute Gasteiger partial charge is 0.0620 e. The third-order valence-electron chi connectivity index (χ3n) is 5.11. The molecule has 17 heavy (non-hydrogen) atoms. The van der Waals surface area contributed by atoms with E-state index in [0.29, 0.717) is 6.61 Å². The van der Waals surface area contributed by atoms with Gasteiger partial charge in [-0.2, -0.15) is 0 Å². The van der Waals surface area contributed by atoms with Crippen molar-refractivity contribution in [1.29, 1.82) is 0 Å². The summed E-state index contributed by atoms with van der Waals surface area (Å²) in [6, 6.07) is 0. The lowest BCUT2D eigenvalue weighted by molar-refractivity contribution is -0.0809. The molecule has 2 aliphatic rings. The highest BCUT2D eigenvalue weighted by atomic mass is 16.3. The molecule has 0 amide bonds. The van der Waals surface area contributed by atoms with E-state index in [9.17, 15) is 5.11 Å². The molecule has 0 aromatic heterocycles. The van der Waals surface area contributed by atoms with Crippen molar-refractivity contribution in [2.45, 2.75) is 51.5 Å². The van der Waals surface area contributed by atoms with Gasteiger partial charge in [0.25, 0.3) is 0 Å². The highest BCUT2D eigenvalue weighted by Crippen LogP contribution is 2.47. The largest absolute Gasteiger partial charge is 0.394 e.